The molecule has 1 aliphatic rings. The summed E-state index contributed by atoms with van der Waals surface area (Å²) in [6, 6.07) is 27.5. The molecule has 2 heterocycles. The van der Waals surface area contributed by atoms with Crippen molar-refractivity contribution in [1.29, 1.82) is 0 Å². The van der Waals surface area contributed by atoms with E-state index in [1.165, 1.54) is 10.9 Å². The maximum absolute atomic E-state index is 6.25. The van der Waals surface area contributed by atoms with Gasteiger partial charge in [0.05, 0.1) is 11.2 Å². The maximum atomic E-state index is 6.25. The van der Waals surface area contributed by atoms with E-state index < -0.39 is 0 Å². The molecule has 0 atom stereocenters. The molecule has 0 bridgehead atoms. The van der Waals surface area contributed by atoms with Crippen LogP contribution >= 0.6 is 0 Å². The predicted molar refractivity (Wildman–Crippen MR) is 132 cm³/mol. The quantitative estimate of drug-likeness (QED) is 0.298. The van der Waals surface area contributed by atoms with Crippen molar-refractivity contribution in [3.63, 3.8) is 0 Å². The van der Waals surface area contributed by atoms with Crippen LogP contribution in [0.3, 0.4) is 0 Å². The van der Waals surface area contributed by atoms with Gasteiger partial charge in [-0.15, -0.1) is 0 Å². The van der Waals surface area contributed by atoms with E-state index in [0.717, 1.165) is 38.4 Å². The lowest BCUT2D eigenvalue weighted by Gasteiger charge is -2.32. The van der Waals surface area contributed by atoms with E-state index in [2.05, 4.69) is 94.4 Å². The smallest absolute Gasteiger partial charge is 0.455 e. The van der Waals surface area contributed by atoms with Crippen LogP contribution in [0.5, 0.6) is 0 Å². The molecule has 1 aliphatic heterocycles. The van der Waals surface area contributed by atoms with Gasteiger partial charge in [-0.3, -0.25) is 0 Å². The van der Waals surface area contributed by atoms with Crippen molar-refractivity contribution in [3.8, 4) is 11.1 Å². The zero-order chi connectivity index (χ0) is 22.1. The van der Waals surface area contributed by atoms with Crippen molar-refractivity contribution in [2.75, 3.05) is 0 Å². The Balaban J connectivity index is 1.49. The number of benzene rings is 4. The van der Waals surface area contributed by atoms with E-state index in [0.29, 0.717) is 0 Å². The van der Waals surface area contributed by atoms with Crippen LogP contribution in [0.25, 0.3) is 43.8 Å². The van der Waals surface area contributed by atoms with E-state index in [4.69, 9.17) is 13.7 Å². The monoisotopic (exact) mass is 420 g/mol. The molecule has 0 radical (unpaired) electrons. The minimum atomic E-state index is -0.355. The molecular weight excluding hydrogens is 395 g/mol. The Morgan fingerprint density at radius 2 is 1.22 bits per heavy atom. The number of hydrogen-bond acceptors (Lipinski definition) is 3. The second-order valence-corrected chi connectivity index (χ2v) is 9.65. The lowest BCUT2D eigenvalue weighted by molar-refractivity contribution is 0.00578. The first-order chi connectivity index (χ1) is 15.3. The van der Waals surface area contributed by atoms with E-state index >= 15 is 0 Å². The Labute approximate surface area is 188 Å². The number of hydrogen-bond donors (Lipinski definition) is 0. The molecule has 0 unspecified atom stereocenters. The highest BCUT2D eigenvalue weighted by atomic mass is 16.7. The highest BCUT2D eigenvalue weighted by molar-refractivity contribution is 6.62. The number of para-hydroxylation sites is 1. The minimum Gasteiger partial charge on any atom is -0.455 e. The van der Waals surface area contributed by atoms with Gasteiger partial charge in [0.15, 0.2) is 0 Å². The molecule has 0 aliphatic carbocycles. The Bertz CT molecular complexity index is 1460. The molecular formula is C28H25BO3. The second-order valence-electron chi connectivity index (χ2n) is 9.65. The van der Waals surface area contributed by atoms with Gasteiger partial charge in [0.2, 0.25) is 0 Å². The Kier molecular flexibility index (Phi) is 4.11. The highest BCUT2D eigenvalue weighted by Crippen LogP contribution is 2.40. The summed E-state index contributed by atoms with van der Waals surface area (Å²) in [6.45, 7) is 8.33. The third-order valence-corrected chi connectivity index (χ3v) is 7.13. The van der Waals surface area contributed by atoms with Crippen molar-refractivity contribution >= 4 is 45.3 Å². The summed E-state index contributed by atoms with van der Waals surface area (Å²) in [7, 11) is -0.355. The van der Waals surface area contributed by atoms with Crippen molar-refractivity contribution in [2.24, 2.45) is 0 Å². The largest absolute Gasteiger partial charge is 0.494 e. The van der Waals surface area contributed by atoms with Crippen LogP contribution in [0.15, 0.2) is 83.3 Å². The standard InChI is InChI=1S/C28H25BO3/c1-27(2)28(3,4)32-29(31-27)19-15-13-18(14-16-19)23-17-24-21-10-7-8-12-25(21)30-26(24)22-11-6-5-9-20(22)23/h5-17H,1-4H3. The number of fused-ring (bicyclic) bond motifs is 5. The normalized spacial score (nSPS) is 17.6. The van der Waals surface area contributed by atoms with Gasteiger partial charge in [0.25, 0.3) is 0 Å². The van der Waals surface area contributed by atoms with Crippen LogP contribution in [0, 0.1) is 0 Å². The third kappa shape index (κ3) is 2.83. The average Bonchev–Trinajstić information content (AvgIpc) is 3.27. The molecule has 6 rings (SSSR count). The molecule has 5 aromatic rings. The van der Waals surface area contributed by atoms with Gasteiger partial charge < -0.3 is 13.7 Å². The molecule has 158 valence electrons. The molecule has 1 saturated heterocycles. The molecule has 3 nitrogen and oxygen atoms in total. The Morgan fingerprint density at radius 1 is 0.625 bits per heavy atom. The van der Waals surface area contributed by atoms with Crippen LogP contribution in [0.1, 0.15) is 27.7 Å². The third-order valence-electron chi connectivity index (χ3n) is 7.13. The molecule has 0 amide bonds. The lowest BCUT2D eigenvalue weighted by Crippen LogP contribution is -2.41. The van der Waals surface area contributed by atoms with Gasteiger partial charge in [-0.05, 0) is 61.8 Å². The SMILES string of the molecule is CC1(C)OB(c2ccc(-c3cc4c5ccccc5oc4c4ccccc34)cc2)OC1(C)C. The molecule has 32 heavy (non-hydrogen) atoms. The van der Waals surface area contributed by atoms with Crippen molar-refractivity contribution in [2.45, 2.75) is 38.9 Å². The van der Waals surface area contributed by atoms with Gasteiger partial charge in [-0.25, -0.2) is 0 Å². The van der Waals surface area contributed by atoms with E-state index in [1.807, 2.05) is 12.1 Å². The van der Waals surface area contributed by atoms with Crippen LogP contribution < -0.4 is 5.46 Å². The van der Waals surface area contributed by atoms with Gasteiger partial charge in [-0.2, -0.15) is 0 Å². The summed E-state index contributed by atoms with van der Waals surface area (Å²) in [6.07, 6.45) is 0. The summed E-state index contributed by atoms with van der Waals surface area (Å²) < 4.78 is 18.7. The second kappa shape index (κ2) is 6.71. The summed E-state index contributed by atoms with van der Waals surface area (Å²) in [5, 5.41) is 4.60. The molecule has 0 N–H and O–H groups in total. The fourth-order valence-electron chi connectivity index (χ4n) is 4.58. The Hall–Kier alpha value is -3.08. The van der Waals surface area contributed by atoms with Gasteiger partial charge in [-0.1, -0.05) is 66.7 Å². The van der Waals surface area contributed by atoms with E-state index in [-0.39, 0.29) is 18.3 Å². The van der Waals surface area contributed by atoms with Crippen molar-refractivity contribution < 1.29 is 13.7 Å². The molecule has 4 aromatic carbocycles. The maximum Gasteiger partial charge on any atom is 0.494 e. The summed E-state index contributed by atoms with van der Waals surface area (Å²) >= 11 is 0. The molecule has 0 saturated carbocycles. The first kappa shape index (κ1) is 19.6. The number of rotatable bonds is 2. The molecule has 1 aromatic heterocycles. The topological polar surface area (TPSA) is 31.6 Å². The predicted octanol–water partition coefficient (Wildman–Crippen LogP) is 6.71. The molecule has 1 fully saturated rings. The van der Waals surface area contributed by atoms with E-state index in [1.54, 1.807) is 0 Å². The fraction of sp³-hybridized carbons (Fsp3) is 0.214. The molecule has 0 spiro atoms. The average molecular weight is 420 g/mol. The summed E-state index contributed by atoms with van der Waals surface area (Å²) in [4.78, 5) is 0. The first-order valence-electron chi connectivity index (χ1n) is 11.1. The molecule has 4 heteroatoms. The van der Waals surface area contributed by atoms with E-state index in [9.17, 15) is 0 Å². The van der Waals surface area contributed by atoms with Crippen LogP contribution in [-0.2, 0) is 9.31 Å². The highest BCUT2D eigenvalue weighted by Gasteiger charge is 2.51. The summed E-state index contributed by atoms with van der Waals surface area (Å²) in [5.74, 6) is 0. The van der Waals surface area contributed by atoms with Gasteiger partial charge >= 0.3 is 7.12 Å². The zero-order valence-electron chi connectivity index (χ0n) is 18.8. The van der Waals surface area contributed by atoms with Gasteiger partial charge in [0.1, 0.15) is 11.2 Å². The summed E-state index contributed by atoms with van der Waals surface area (Å²) in [5.41, 5.74) is 4.56. The van der Waals surface area contributed by atoms with Crippen LogP contribution in [0.4, 0.5) is 0 Å². The zero-order valence-corrected chi connectivity index (χ0v) is 18.8. The van der Waals surface area contributed by atoms with Gasteiger partial charge in [0, 0.05) is 16.2 Å². The first-order valence-corrected chi connectivity index (χ1v) is 11.1. The minimum absolute atomic E-state index is 0.347. The fourth-order valence-corrected chi connectivity index (χ4v) is 4.58. The number of furan rings is 1. The van der Waals surface area contributed by atoms with Crippen molar-refractivity contribution in [3.05, 3.63) is 78.9 Å². The van der Waals surface area contributed by atoms with Crippen molar-refractivity contribution in [1.82, 2.24) is 0 Å². The Morgan fingerprint density at radius 3 is 1.91 bits per heavy atom. The van der Waals surface area contributed by atoms with Crippen LogP contribution in [-0.4, -0.2) is 18.3 Å². The van der Waals surface area contributed by atoms with Crippen LogP contribution in [0.2, 0.25) is 0 Å². The lowest BCUT2D eigenvalue weighted by atomic mass is 9.78.